The molecule has 0 saturated heterocycles. The number of nitrogens with zero attached hydrogens (tertiary/aromatic N) is 6. The molecule has 0 aliphatic rings. The highest BCUT2D eigenvalue weighted by Gasteiger charge is 2.10. The van der Waals surface area contributed by atoms with Crippen LogP contribution in [0.15, 0.2) is 54.9 Å². The van der Waals surface area contributed by atoms with Gasteiger partial charge in [-0.1, -0.05) is 61.9 Å². The third kappa shape index (κ3) is 3.92. The van der Waals surface area contributed by atoms with Crippen molar-refractivity contribution in [2.24, 2.45) is 0 Å². The van der Waals surface area contributed by atoms with Crippen LogP contribution >= 0.6 is 0 Å². The lowest BCUT2D eigenvalue weighted by molar-refractivity contribution is 0.661. The molecule has 0 bridgehead atoms. The molecule has 0 fully saturated rings. The van der Waals surface area contributed by atoms with Crippen molar-refractivity contribution in [3.05, 3.63) is 66.2 Å². The molecule has 0 spiro atoms. The molecule has 0 radical (unpaired) electrons. The van der Waals surface area contributed by atoms with Gasteiger partial charge in [-0.15, -0.1) is 10.2 Å². The molecular formula is C20H21N7. The Morgan fingerprint density at radius 3 is 2.56 bits per heavy atom. The first-order chi connectivity index (χ1) is 13.3. The van der Waals surface area contributed by atoms with Crippen LogP contribution in [0.5, 0.6) is 0 Å². The monoisotopic (exact) mass is 359 g/mol. The predicted octanol–water partition coefficient (Wildman–Crippen LogP) is 3.52. The molecule has 0 unspecified atom stereocenters. The number of hydrogen-bond donors (Lipinski definition) is 1. The van der Waals surface area contributed by atoms with Crippen molar-refractivity contribution >= 4 is 0 Å². The largest absolute Gasteiger partial charge is 0.248 e. The smallest absolute Gasteiger partial charge is 0.205 e. The maximum atomic E-state index is 4.55. The number of unbranched alkanes of at least 4 members (excludes halogenated alkanes) is 1. The molecule has 7 nitrogen and oxygen atoms in total. The summed E-state index contributed by atoms with van der Waals surface area (Å²) in [4.78, 5) is 4.38. The molecular weight excluding hydrogens is 338 g/mol. The minimum absolute atomic E-state index is 0.594. The van der Waals surface area contributed by atoms with Gasteiger partial charge in [0.2, 0.25) is 5.82 Å². The zero-order valence-corrected chi connectivity index (χ0v) is 15.2. The van der Waals surface area contributed by atoms with Gasteiger partial charge in [0.15, 0.2) is 5.82 Å². The summed E-state index contributed by atoms with van der Waals surface area (Å²) in [7, 11) is 0. The van der Waals surface area contributed by atoms with E-state index >= 15 is 0 Å². The Hall–Kier alpha value is -3.35. The van der Waals surface area contributed by atoms with Gasteiger partial charge in [-0.3, -0.25) is 0 Å². The van der Waals surface area contributed by atoms with Gasteiger partial charge in [-0.05, 0) is 28.3 Å². The number of hydrogen-bond acceptors (Lipinski definition) is 5. The van der Waals surface area contributed by atoms with E-state index in [4.69, 9.17) is 0 Å². The third-order valence-electron chi connectivity index (χ3n) is 4.46. The highest BCUT2D eigenvalue weighted by atomic mass is 15.5. The molecule has 1 N–H and O–H groups in total. The van der Waals surface area contributed by atoms with Crippen molar-refractivity contribution in [1.82, 2.24) is 35.4 Å². The average Bonchev–Trinajstić information content (AvgIpc) is 3.39. The lowest BCUT2D eigenvalue weighted by Crippen LogP contribution is -2.01. The Bertz CT molecular complexity index is 987. The molecule has 4 aromatic rings. The molecule has 0 saturated carbocycles. The van der Waals surface area contributed by atoms with Crippen LogP contribution in [0.25, 0.3) is 22.5 Å². The molecule has 2 aromatic carbocycles. The molecule has 27 heavy (non-hydrogen) atoms. The van der Waals surface area contributed by atoms with Gasteiger partial charge in [-0.2, -0.15) is 10.3 Å². The predicted molar refractivity (Wildman–Crippen MR) is 103 cm³/mol. The Kier molecular flexibility index (Phi) is 5.00. The number of benzene rings is 2. The van der Waals surface area contributed by atoms with Gasteiger partial charge in [-0.25, -0.2) is 9.67 Å². The quantitative estimate of drug-likeness (QED) is 0.546. The minimum Gasteiger partial charge on any atom is -0.248 e. The number of aromatic amines is 1. The maximum Gasteiger partial charge on any atom is 0.205 e. The molecule has 2 heterocycles. The Morgan fingerprint density at radius 2 is 1.81 bits per heavy atom. The number of aromatic nitrogens is 7. The second-order valence-corrected chi connectivity index (χ2v) is 6.44. The summed E-state index contributed by atoms with van der Waals surface area (Å²) in [6.07, 6.45) is 5.03. The van der Waals surface area contributed by atoms with Crippen molar-refractivity contribution in [2.45, 2.75) is 32.7 Å². The van der Waals surface area contributed by atoms with Crippen LogP contribution in [0, 0.1) is 0 Å². The van der Waals surface area contributed by atoms with Crippen molar-refractivity contribution in [3.63, 3.8) is 0 Å². The lowest BCUT2D eigenvalue weighted by Gasteiger charge is -2.08. The summed E-state index contributed by atoms with van der Waals surface area (Å²) >= 11 is 0. The van der Waals surface area contributed by atoms with E-state index in [1.54, 1.807) is 0 Å². The average molecular weight is 359 g/mol. The standard InChI is InChI=1S/C20H21N7/c1-2-3-8-19-21-14-27(24-19)13-15-9-11-16(12-10-15)17-6-4-5-7-18(17)20-22-25-26-23-20/h4-7,9-12,14H,2-3,8,13H2,1H3,(H,22,23,25,26). The molecule has 0 amide bonds. The first-order valence-electron chi connectivity index (χ1n) is 9.14. The third-order valence-corrected chi connectivity index (χ3v) is 4.46. The van der Waals surface area contributed by atoms with Crippen LogP contribution < -0.4 is 0 Å². The number of H-pyrrole nitrogens is 1. The second-order valence-electron chi connectivity index (χ2n) is 6.44. The minimum atomic E-state index is 0.594. The van der Waals surface area contributed by atoms with Crippen molar-refractivity contribution in [2.75, 3.05) is 0 Å². The summed E-state index contributed by atoms with van der Waals surface area (Å²) in [6, 6.07) is 16.5. The molecule has 0 aliphatic carbocycles. The zero-order valence-electron chi connectivity index (χ0n) is 15.2. The number of aryl methyl sites for hydroxylation is 1. The molecule has 0 aliphatic heterocycles. The molecule has 2 aromatic heterocycles. The topological polar surface area (TPSA) is 85.2 Å². The first-order valence-corrected chi connectivity index (χ1v) is 9.14. The normalized spacial score (nSPS) is 11.0. The van der Waals surface area contributed by atoms with E-state index in [0.29, 0.717) is 12.4 Å². The van der Waals surface area contributed by atoms with Gasteiger partial charge in [0, 0.05) is 12.0 Å². The summed E-state index contributed by atoms with van der Waals surface area (Å²) in [5.41, 5.74) is 4.33. The van der Waals surface area contributed by atoms with Crippen LogP contribution in [-0.4, -0.2) is 35.4 Å². The van der Waals surface area contributed by atoms with Gasteiger partial charge in [0.05, 0.1) is 6.54 Å². The molecule has 7 heteroatoms. The van der Waals surface area contributed by atoms with E-state index in [9.17, 15) is 0 Å². The first kappa shape index (κ1) is 17.1. The summed E-state index contributed by atoms with van der Waals surface area (Å²) in [6.45, 7) is 2.89. The van der Waals surface area contributed by atoms with Gasteiger partial charge in [0.25, 0.3) is 0 Å². The highest BCUT2D eigenvalue weighted by Crippen LogP contribution is 2.29. The second kappa shape index (κ2) is 7.90. The fourth-order valence-electron chi connectivity index (χ4n) is 3.04. The summed E-state index contributed by atoms with van der Waals surface area (Å²) in [5.74, 6) is 1.51. The Morgan fingerprint density at radius 1 is 1.00 bits per heavy atom. The lowest BCUT2D eigenvalue weighted by atomic mass is 9.98. The summed E-state index contributed by atoms with van der Waals surface area (Å²) < 4.78 is 1.90. The van der Waals surface area contributed by atoms with E-state index in [-0.39, 0.29) is 0 Å². The SMILES string of the molecule is CCCCc1ncn(Cc2ccc(-c3ccccc3-c3nn[nH]n3)cc2)n1. The van der Waals surface area contributed by atoms with Crippen LogP contribution in [0.1, 0.15) is 31.2 Å². The van der Waals surface area contributed by atoms with Crippen LogP contribution in [0.2, 0.25) is 0 Å². The van der Waals surface area contributed by atoms with Crippen LogP contribution in [0.4, 0.5) is 0 Å². The van der Waals surface area contributed by atoms with Gasteiger partial charge < -0.3 is 0 Å². The molecule has 4 rings (SSSR count). The number of rotatable bonds is 7. The Balaban J connectivity index is 1.52. The fraction of sp³-hybridized carbons (Fsp3) is 0.250. The molecule has 136 valence electrons. The zero-order chi connectivity index (χ0) is 18.5. The Labute approximate surface area is 157 Å². The fourth-order valence-corrected chi connectivity index (χ4v) is 3.04. The highest BCUT2D eigenvalue weighted by molar-refractivity contribution is 5.80. The van der Waals surface area contributed by atoms with Crippen LogP contribution in [-0.2, 0) is 13.0 Å². The van der Waals surface area contributed by atoms with E-state index < -0.39 is 0 Å². The van der Waals surface area contributed by atoms with E-state index in [2.05, 4.69) is 68.0 Å². The maximum absolute atomic E-state index is 4.55. The van der Waals surface area contributed by atoms with E-state index in [1.807, 2.05) is 29.2 Å². The van der Waals surface area contributed by atoms with Gasteiger partial charge >= 0.3 is 0 Å². The van der Waals surface area contributed by atoms with E-state index in [1.165, 1.54) is 5.56 Å². The van der Waals surface area contributed by atoms with Crippen molar-refractivity contribution in [1.29, 1.82) is 0 Å². The van der Waals surface area contributed by atoms with E-state index in [0.717, 1.165) is 41.8 Å². The van der Waals surface area contributed by atoms with Crippen molar-refractivity contribution < 1.29 is 0 Å². The van der Waals surface area contributed by atoms with Gasteiger partial charge in [0.1, 0.15) is 6.33 Å². The van der Waals surface area contributed by atoms with Crippen molar-refractivity contribution in [3.8, 4) is 22.5 Å². The summed E-state index contributed by atoms with van der Waals surface area (Å²) in [5, 5.41) is 18.9. The molecule has 0 atom stereocenters. The van der Waals surface area contributed by atoms with Crippen LogP contribution in [0.3, 0.4) is 0 Å². The number of tetrazole rings is 1. The number of nitrogens with one attached hydrogen (secondary N) is 1.